The molecule has 1 atom stereocenters. The van der Waals surface area contributed by atoms with Crippen LogP contribution in [0.3, 0.4) is 0 Å². The molecule has 0 heterocycles. The molecule has 0 N–H and O–H groups in total. The maximum absolute atomic E-state index is 11.4. The maximum Gasteiger partial charge on any atom is 0.330 e. The zero-order chi connectivity index (χ0) is 12.8. The Morgan fingerprint density at radius 1 is 1.38 bits per heavy atom. The summed E-state index contributed by atoms with van der Waals surface area (Å²) in [5.74, 6) is 2.72. The molecule has 16 heavy (non-hydrogen) atoms. The monoisotopic (exact) mass is 239 g/mol. The smallest absolute Gasteiger partial charge is 0.330 e. The molecule has 0 spiro atoms. The van der Waals surface area contributed by atoms with Crippen LogP contribution < -0.4 is 0 Å². The van der Waals surface area contributed by atoms with Crippen LogP contribution >= 0.6 is 0 Å². The number of hydrogen-bond donors (Lipinski definition) is 0. The molecule has 0 rings (SSSR count). The highest BCUT2D eigenvalue weighted by molar-refractivity contribution is 6.84. The Kier molecular flexibility index (Phi) is 6.05. The van der Waals surface area contributed by atoms with Crippen molar-refractivity contribution in [3.8, 4) is 11.5 Å². The molecule has 0 saturated heterocycles. The minimum Gasteiger partial charge on any atom is -0.467 e. The summed E-state index contributed by atoms with van der Waals surface area (Å²) in [5.41, 5.74) is 3.16. The summed E-state index contributed by atoms with van der Waals surface area (Å²) >= 11 is 0. The summed E-state index contributed by atoms with van der Waals surface area (Å²) in [6.45, 7) is 10.4. The fraction of sp³-hybridized carbons (Fsp3) is 0.667. The minimum absolute atomic E-state index is 0.123. The first-order valence-corrected chi connectivity index (χ1v) is 8.90. The average Bonchev–Trinajstić information content (AvgIpc) is 2.14. The molecule has 0 radical (unpaired) electrons. The van der Waals surface area contributed by atoms with Gasteiger partial charge in [-0.05, 0) is 5.92 Å². The molecule has 0 aromatic carbocycles. The van der Waals surface area contributed by atoms with Gasteiger partial charge in [-0.2, -0.15) is 0 Å². The van der Waals surface area contributed by atoms with Gasteiger partial charge in [0.1, 0.15) is 8.07 Å². The van der Waals surface area contributed by atoms with Gasteiger partial charge in [0.25, 0.3) is 0 Å². The Bertz CT molecular complexity index is 318. The van der Waals surface area contributed by atoms with E-state index in [9.17, 15) is 4.79 Å². The first-order valence-electron chi connectivity index (χ1n) is 5.40. The first kappa shape index (κ1) is 14.9. The Labute approximate surface area is 99.3 Å². The summed E-state index contributed by atoms with van der Waals surface area (Å²) in [7, 11) is 0.0155. The van der Waals surface area contributed by atoms with E-state index in [1.54, 1.807) is 0 Å². The van der Waals surface area contributed by atoms with Crippen molar-refractivity contribution in [2.24, 2.45) is 10.9 Å². The van der Waals surface area contributed by atoms with Crippen LogP contribution in [-0.4, -0.2) is 33.4 Å². The highest BCUT2D eigenvalue weighted by Crippen LogP contribution is 2.07. The van der Waals surface area contributed by atoms with Crippen LogP contribution in [0.15, 0.2) is 4.99 Å². The van der Waals surface area contributed by atoms with Crippen LogP contribution in [0.1, 0.15) is 13.8 Å². The van der Waals surface area contributed by atoms with Crippen molar-refractivity contribution in [3.05, 3.63) is 0 Å². The van der Waals surface area contributed by atoms with E-state index in [1.807, 2.05) is 13.8 Å². The van der Waals surface area contributed by atoms with Crippen LogP contribution in [0.25, 0.3) is 0 Å². The number of ether oxygens (including phenoxy) is 1. The van der Waals surface area contributed by atoms with Gasteiger partial charge in [-0.3, -0.25) is 4.99 Å². The van der Waals surface area contributed by atoms with E-state index in [4.69, 9.17) is 0 Å². The average molecular weight is 239 g/mol. The summed E-state index contributed by atoms with van der Waals surface area (Å²) in [6.07, 6.45) is 1.53. The number of carbonyl (C=O) groups is 1. The van der Waals surface area contributed by atoms with Gasteiger partial charge in [-0.1, -0.05) is 39.4 Å². The van der Waals surface area contributed by atoms with Crippen LogP contribution in [0.2, 0.25) is 19.6 Å². The van der Waals surface area contributed by atoms with Crippen molar-refractivity contribution in [1.82, 2.24) is 0 Å². The summed E-state index contributed by atoms with van der Waals surface area (Å²) < 4.78 is 4.68. The molecule has 0 aliphatic carbocycles. The lowest BCUT2D eigenvalue weighted by molar-refractivity contribution is -0.143. The lowest BCUT2D eigenvalue weighted by Gasteiger charge is -2.12. The second-order valence-corrected chi connectivity index (χ2v) is 9.76. The number of rotatable bonds is 3. The molecular weight excluding hydrogens is 218 g/mol. The lowest BCUT2D eigenvalue weighted by atomic mass is 10.1. The van der Waals surface area contributed by atoms with E-state index in [-0.39, 0.29) is 11.9 Å². The third-order valence-corrected chi connectivity index (χ3v) is 2.72. The standard InChI is InChI=1S/C12H21NO2Si/c1-10(2)11(12(14)15-3)13-8-7-9-16(4,5)6/h8,10-11H,1-6H3/t11-/m0/s1. The van der Waals surface area contributed by atoms with Crippen LogP contribution in [0.4, 0.5) is 0 Å². The molecule has 3 nitrogen and oxygen atoms in total. The fourth-order valence-corrected chi connectivity index (χ4v) is 1.49. The number of aliphatic imine (C=N–C) groups is 1. The largest absolute Gasteiger partial charge is 0.467 e. The third kappa shape index (κ3) is 6.41. The van der Waals surface area contributed by atoms with Gasteiger partial charge < -0.3 is 4.74 Å². The molecule has 0 unspecified atom stereocenters. The van der Waals surface area contributed by atoms with Gasteiger partial charge in [0.05, 0.1) is 13.3 Å². The van der Waals surface area contributed by atoms with Gasteiger partial charge in [-0.15, -0.1) is 5.54 Å². The van der Waals surface area contributed by atoms with E-state index in [0.29, 0.717) is 0 Å². The summed E-state index contributed by atoms with van der Waals surface area (Å²) in [5, 5.41) is 0. The molecular formula is C12H21NO2Si. The molecule has 0 aliphatic rings. The van der Waals surface area contributed by atoms with Gasteiger partial charge in [-0.25, -0.2) is 4.79 Å². The molecule has 0 fully saturated rings. The van der Waals surface area contributed by atoms with Crippen molar-refractivity contribution in [2.75, 3.05) is 7.11 Å². The number of nitrogens with zero attached hydrogens (tertiary/aromatic N) is 1. The van der Waals surface area contributed by atoms with Crippen LogP contribution in [-0.2, 0) is 9.53 Å². The Morgan fingerprint density at radius 2 is 1.94 bits per heavy atom. The van der Waals surface area contributed by atoms with Crippen molar-refractivity contribution < 1.29 is 9.53 Å². The lowest BCUT2D eigenvalue weighted by Crippen LogP contribution is -2.25. The Hall–Kier alpha value is -1.08. The molecule has 90 valence electrons. The topological polar surface area (TPSA) is 38.7 Å². The number of methoxy groups -OCH3 is 1. The number of carbonyl (C=O) groups excluding carboxylic acids is 1. The zero-order valence-electron chi connectivity index (χ0n) is 11.0. The molecule has 0 aromatic heterocycles. The molecule has 0 amide bonds. The fourth-order valence-electron chi connectivity index (χ4n) is 0.992. The zero-order valence-corrected chi connectivity index (χ0v) is 12.0. The van der Waals surface area contributed by atoms with E-state index in [0.717, 1.165) is 0 Å². The highest BCUT2D eigenvalue weighted by atomic mass is 28.3. The quantitative estimate of drug-likeness (QED) is 0.327. The van der Waals surface area contributed by atoms with Crippen molar-refractivity contribution >= 4 is 20.3 Å². The third-order valence-electron chi connectivity index (χ3n) is 1.82. The van der Waals surface area contributed by atoms with Gasteiger partial charge in [0.2, 0.25) is 0 Å². The number of esters is 1. The van der Waals surface area contributed by atoms with E-state index < -0.39 is 14.1 Å². The molecule has 0 saturated carbocycles. The van der Waals surface area contributed by atoms with E-state index in [1.165, 1.54) is 13.3 Å². The molecule has 0 aromatic rings. The molecule has 4 heteroatoms. The van der Waals surface area contributed by atoms with Crippen LogP contribution in [0, 0.1) is 17.4 Å². The van der Waals surface area contributed by atoms with Gasteiger partial charge >= 0.3 is 5.97 Å². The van der Waals surface area contributed by atoms with Crippen molar-refractivity contribution in [3.63, 3.8) is 0 Å². The second kappa shape index (κ2) is 6.49. The van der Waals surface area contributed by atoms with Crippen LogP contribution in [0.5, 0.6) is 0 Å². The maximum atomic E-state index is 11.4. The molecule has 0 bridgehead atoms. The predicted molar refractivity (Wildman–Crippen MR) is 70.3 cm³/mol. The van der Waals surface area contributed by atoms with Crippen molar-refractivity contribution in [1.29, 1.82) is 0 Å². The van der Waals surface area contributed by atoms with E-state index in [2.05, 4.69) is 40.8 Å². The number of hydrogen-bond acceptors (Lipinski definition) is 3. The Morgan fingerprint density at radius 3 is 2.31 bits per heavy atom. The minimum atomic E-state index is -1.36. The van der Waals surface area contributed by atoms with Crippen molar-refractivity contribution in [2.45, 2.75) is 39.5 Å². The summed E-state index contributed by atoms with van der Waals surface area (Å²) in [4.78, 5) is 15.5. The first-order chi connectivity index (χ1) is 7.28. The Balaban J connectivity index is 4.58. The SMILES string of the molecule is COC(=O)[C@@H](N=CC#C[Si](C)(C)C)C(C)C. The van der Waals surface area contributed by atoms with Gasteiger partial charge in [0, 0.05) is 0 Å². The predicted octanol–water partition coefficient (Wildman–Crippen LogP) is 2.14. The highest BCUT2D eigenvalue weighted by Gasteiger charge is 2.20. The summed E-state index contributed by atoms with van der Waals surface area (Å²) in [6, 6.07) is -0.444. The van der Waals surface area contributed by atoms with Gasteiger partial charge in [0.15, 0.2) is 6.04 Å². The molecule has 0 aliphatic heterocycles. The second-order valence-electron chi connectivity index (χ2n) is 5.01. The van der Waals surface area contributed by atoms with E-state index >= 15 is 0 Å². The normalized spacial score (nSPS) is 13.4.